The Labute approximate surface area is 96.1 Å². The summed E-state index contributed by atoms with van der Waals surface area (Å²) >= 11 is 1.70. The van der Waals surface area contributed by atoms with Crippen LogP contribution in [-0.2, 0) is 0 Å². The number of hydrogen-bond acceptors (Lipinski definition) is 2. The van der Waals surface area contributed by atoms with E-state index in [1.807, 2.05) is 0 Å². The highest BCUT2D eigenvalue weighted by atomic mass is 32.1. The number of aliphatic hydroxyl groups excluding tert-OH is 1. The van der Waals surface area contributed by atoms with Crippen molar-refractivity contribution in [2.75, 3.05) is 0 Å². The van der Waals surface area contributed by atoms with Crippen LogP contribution in [0, 0.1) is 12.8 Å². The van der Waals surface area contributed by atoms with Crippen LogP contribution in [0.25, 0.3) is 0 Å². The van der Waals surface area contributed by atoms with E-state index in [1.165, 1.54) is 49.7 Å². The largest absolute Gasteiger partial charge is 0.388 e. The van der Waals surface area contributed by atoms with Gasteiger partial charge < -0.3 is 5.11 Å². The van der Waals surface area contributed by atoms with E-state index >= 15 is 0 Å². The van der Waals surface area contributed by atoms with Gasteiger partial charge in [-0.2, -0.15) is 11.3 Å². The predicted octanol–water partition coefficient (Wildman–Crippen LogP) is 4.06. The number of hydrogen-bond donors (Lipinski definition) is 1. The first-order valence-corrected chi connectivity index (χ1v) is 6.94. The number of rotatable bonds is 2. The quantitative estimate of drug-likeness (QED) is 0.751. The van der Waals surface area contributed by atoms with Gasteiger partial charge in [0.1, 0.15) is 0 Å². The van der Waals surface area contributed by atoms with Gasteiger partial charge in [-0.25, -0.2) is 0 Å². The molecule has 84 valence electrons. The summed E-state index contributed by atoms with van der Waals surface area (Å²) in [4.78, 5) is 0. The molecule has 2 heteroatoms. The fourth-order valence-electron chi connectivity index (χ4n) is 2.55. The highest BCUT2D eigenvalue weighted by Gasteiger charge is 2.23. The van der Waals surface area contributed by atoms with E-state index in [9.17, 15) is 5.11 Å². The molecule has 0 bridgehead atoms. The average molecular weight is 224 g/mol. The fourth-order valence-corrected chi connectivity index (χ4v) is 3.43. The molecule has 0 aliphatic heterocycles. The van der Waals surface area contributed by atoms with Gasteiger partial charge in [0, 0.05) is 0 Å². The average Bonchev–Trinajstić information content (AvgIpc) is 2.53. The second-order valence-corrected chi connectivity index (χ2v) is 5.45. The third-order valence-electron chi connectivity index (χ3n) is 3.56. The zero-order chi connectivity index (χ0) is 10.7. The molecule has 1 nitrogen and oxygen atoms in total. The maximum Gasteiger partial charge on any atom is 0.0828 e. The first-order chi connectivity index (χ1) is 7.29. The first kappa shape index (κ1) is 11.2. The van der Waals surface area contributed by atoms with Gasteiger partial charge in [0.15, 0.2) is 0 Å². The highest BCUT2D eigenvalue weighted by molar-refractivity contribution is 7.08. The molecule has 1 saturated carbocycles. The van der Waals surface area contributed by atoms with Gasteiger partial charge in [0.25, 0.3) is 0 Å². The van der Waals surface area contributed by atoms with Crippen molar-refractivity contribution in [2.24, 2.45) is 5.92 Å². The Morgan fingerprint density at radius 1 is 1.20 bits per heavy atom. The molecule has 0 radical (unpaired) electrons. The van der Waals surface area contributed by atoms with E-state index in [0.29, 0.717) is 5.92 Å². The molecule has 1 atom stereocenters. The molecule has 0 aromatic carbocycles. The monoisotopic (exact) mass is 224 g/mol. The minimum Gasteiger partial charge on any atom is -0.388 e. The molecule has 15 heavy (non-hydrogen) atoms. The molecule has 1 heterocycles. The summed E-state index contributed by atoms with van der Waals surface area (Å²) in [5, 5.41) is 14.6. The molecule has 1 aliphatic rings. The summed E-state index contributed by atoms with van der Waals surface area (Å²) in [5.74, 6) is 0.501. The van der Waals surface area contributed by atoms with Crippen molar-refractivity contribution in [3.8, 4) is 0 Å². The zero-order valence-corrected chi connectivity index (χ0v) is 10.2. The van der Waals surface area contributed by atoms with Gasteiger partial charge in [-0.3, -0.25) is 0 Å². The molecule has 1 aliphatic carbocycles. The van der Waals surface area contributed by atoms with E-state index in [0.717, 1.165) is 0 Å². The lowest BCUT2D eigenvalue weighted by atomic mass is 9.89. The summed E-state index contributed by atoms with van der Waals surface area (Å²) in [6.45, 7) is 2.10. The lowest BCUT2D eigenvalue weighted by Gasteiger charge is -2.21. The Morgan fingerprint density at radius 2 is 1.87 bits per heavy atom. The minimum absolute atomic E-state index is 0.214. The summed E-state index contributed by atoms with van der Waals surface area (Å²) in [6, 6.07) is 0. The van der Waals surface area contributed by atoms with Gasteiger partial charge in [-0.15, -0.1) is 0 Å². The third-order valence-corrected chi connectivity index (χ3v) is 4.44. The second kappa shape index (κ2) is 5.13. The summed E-state index contributed by atoms with van der Waals surface area (Å²) in [5.41, 5.74) is 2.43. The van der Waals surface area contributed by atoms with Crippen molar-refractivity contribution in [1.82, 2.24) is 0 Å². The standard InChI is InChI=1S/C13H20OS/c1-10-8-15-9-12(10)13(14)11-6-4-2-3-5-7-11/h8-9,11,13-14H,2-7H2,1H3. The third kappa shape index (κ3) is 2.61. The molecule has 1 aromatic heterocycles. The Hall–Kier alpha value is -0.340. The van der Waals surface area contributed by atoms with Crippen molar-refractivity contribution >= 4 is 11.3 Å². The van der Waals surface area contributed by atoms with Crippen molar-refractivity contribution < 1.29 is 5.11 Å². The summed E-state index contributed by atoms with van der Waals surface area (Å²) in [6.07, 6.45) is 7.50. The summed E-state index contributed by atoms with van der Waals surface area (Å²) < 4.78 is 0. The molecule has 2 rings (SSSR count). The van der Waals surface area contributed by atoms with Gasteiger partial charge in [-0.05, 0) is 47.6 Å². The number of aliphatic hydroxyl groups is 1. The lowest BCUT2D eigenvalue weighted by Crippen LogP contribution is -2.12. The second-order valence-electron chi connectivity index (χ2n) is 4.71. The highest BCUT2D eigenvalue weighted by Crippen LogP contribution is 2.35. The normalized spacial score (nSPS) is 21.2. The molecular formula is C13H20OS. The molecule has 0 spiro atoms. The van der Waals surface area contributed by atoms with E-state index < -0.39 is 0 Å². The topological polar surface area (TPSA) is 20.2 Å². The van der Waals surface area contributed by atoms with E-state index in [4.69, 9.17) is 0 Å². The van der Waals surface area contributed by atoms with E-state index in [2.05, 4.69) is 17.7 Å². The van der Waals surface area contributed by atoms with Crippen LogP contribution >= 0.6 is 11.3 Å². The van der Waals surface area contributed by atoms with Crippen molar-refractivity contribution in [3.05, 3.63) is 21.9 Å². The van der Waals surface area contributed by atoms with Crippen LogP contribution in [0.3, 0.4) is 0 Å². The van der Waals surface area contributed by atoms with Crippen LogP contribution in [0.15, 0.2) is 10.8 Å². The van der Waals surface area contributed by atoms with E-state index in [-0.39, 0.29) is 6.10 Å². The molecule has 1 aromatic rings. The number of thiophene rings is 1. The zero-order valence-electron chi connectivity index (χ0n) is 9.41. The Kier molecular flexibility index (Phi) is 3.81. The van der Waals surface area contributed by atoms with Gasteiger partial charge in [0.2, 0.25) is 0 Å². The van der Waals surface area contributed by atoms with Crippen molar-refractivity contribution in [2.45, 2.75) is 51.6 Å². The molecular weight excluding hydrogens is 204 g/mol. The number of aryl methyl sites for hydroxylation is 1. The minimum atomic E-state index is -0.214. The smallest absolute Gasteiger partial charge is 0.0828 e. The maximum atomic E-state index is 10.3. The molecule has 1 N–H and O–H groups in total. The van der Waals surface area contributed by atoms with Crippen LogP contribution in [0.1, 0.15) is 55.8 Å². The Balaban J connectivity index is 2.06. The first-order valence-electron chi connectivity index (χ1n) is 6.00. The van der Waals surface area contributed by atoms with Crippen LogP contribution in [0.5, 0.6) is 0 Å². The van der Waals surface area contributed by atoms with Crippen molar-refractivity contribution in [3.63, 3.8) is 0 Å². The van der Waals surface area contributed by atoms with Gasteiger partial charge in [-0.1, -0.05) is 25.7 Å². The SMILES string of the molecule is Cc1cscc1C(O)C1CCCCCC1. The Bertz CT molecular complexity index is 297. The molecule has 1 unspecified atom stereocenters. The lowest BCUT2D eigenvalue weighted by molar-refractivity contribution is 0.0986. The molecule has 1 fully saturated rings. The molecule has 0 saturated heterocycles. The Morgan fingerprint density at radius 3 is 2.40 bits per heavy atom. The van der Waals surface area contributed by atoms with Gasteiger partial charge >= 0.3 is 0 Å². The molecule has 0 amide bonds. The van der Waals surface area contributed by atoms with Crippen molar-refractivity contribution in [1.29, 1.82) is 0 Å². The fraction of sp³-hybridized carbons (Fsp3) is 0.692. The van der Waals surface area contributed by atoms with Crippen LogP contribution in [-0.4, -0.2) is 5.11 Å². The van der Waals surface area contributed by atoms with Crippen LogP contribution < -0.4 is 0 Å². The maximum absolute atomic E-state index is 10.3. The van der Waals surface area contributed by atoms with Crippen LogP contribution in [0.2, 0.25) is 0 Å². The van der Waals surface area contributed by atoms with E-state index in [1.54, 1.807) is 11.3 Å². The predicted molar refractivity (Wildman–Crippen MR) is 65.2 cm³/mol. The van der Waals surface area contributed by atoms with Gasteiger partial charge in [0.05, 0.1) is 6.10 Å². The summed E-state index contributed by atoms with van der Waals surface area (Å²) in [7, 11) is 0. The van der Waals surface area contributed by atoms with Crippen LogP contribution in [0.4, 0.5) is 0 Å².